The highest BCUT2D eigenvalue weighted by atomic mass is 16.3. The summed E-state index contributed by atoms with van der Waals surface area (Å²) in [5.41, 5.74) is 1.20. The van der Waals surface area contributed by atoms with Gasteiger partial charge >= 0.3 is 0 Å². The summed E-state index contributed by atoms with van der Waals surface area (Å²) >= 11 is 0. The third-order valence-corrected chi connectivity index (χ3v) is 2.71. The van der Waals surface area contributed by atoms with Crippen molar-refractivity contribution in [2.45, 2.75) is 19.4 Å². The van der Waals surface area contributed by atoms with Gasteiger partial charge in [0.1, 0.15) is 0 Å². The van der Waals surface area contributed by atoms with Gasteiger partial charge < -0.3 is 9.67 Å². The fourth-order valence-electron chi connectivity index (χ4n) is 1.84. The molecule has 0 saturated carbocycles. The summed E-state index contributed by atoms with van der Waals surface area (Å²) in [7, 11) is 0. The van der Waals surface area contributed by atoms with Crippen molar-refractivity contribution in [3.05, 3.63) is 36.5 Å². The van der Waals surface area contributed by atoms with Gasteiger partial charge in [-0.2, -0.15) is 0 Å². The lowest BCUT2D eigenvalue weighted by Crippen LogP contribution is -2.10. The zero-order valence-corrected chi connectivity index (χ0v) is 8.35. The van der Waals surface area contributed by atoms with Crippen LogP contribution in [0, 0.1) is 0 Å². The van der Waals surface area contributed by atoms with Gasteiger partial charge in [-0.15, -0.1) is 0 Å². The normalized spacial score (nSPS) is 13.3. The summed E-state index contributed by atoms with van der Waals surface area (Å²) in [6.45, 7) is 2.30. The fourth-order valence-corrected chi connectivity index (χ4v) is 1.84. The number of aliphatic hydroxyl groups excluding tert-OH is 1. The quantitative estimate of drug-likeness (QED) is 0.788. The highest BCUT2D eigenvalue weighted by Crippen LogP contribution is 2.21. The third-order valence-electron chi connectivity index (χ3n) is 2.71. The lowest BCUT2D eigenvalue weighted by Gasteiger charge is -2.15. The molecule has 0 fully saturated rings. The molecule has 0 bridgehead atoms. The minimum absolute atomic E-state index is 0.204. The number of hydrogen-bond donors (Lipinski definition) is 1. The minimum atomic E-state index is 0.204. The van der Waals surface area contributed by atoms with Gasteiger partial charge in [-0.1, -0.05) is 25.1 Å². The number of nitrogens with zero attached hydrogens (tertiary/aromatic N) is 1. The van der Waals surface area contributed by atoms with Crippen molar-refractivity contribution in [1.82, 2.24) is 4.57 Å². The number of benzene rings is 1. The SMILES string of the molecule is CC[C@@H](CO)n1ccc2ccccc21. The second-order valence-electron chi connectivity index (χ2n) is 3.53. The summed E-state index contributed by atoms with van der Waals surface area (Å²) < 4.78 is 2.15. The molecule has 0 spiro atoms. The molecule has 0 amide bonds. The van der Waals surface area contributed by atoms with Gasteiger partial charge in [-0.05, 0) is 23.9 Å². The first kappa shape index (κ1) is 9.28. The van der Waals surface area contributed by atoms with Crippen LogP contribution in [0.25, 0.3) is 10.9 Å². The molecule has 1 aromatic heterocycles. The fraction of sp³-hybridized carbons (Fsp3) is 0.333. The second-order valence-corrected chi connectivity index (χ2v) is 3.53. The molecule has 1 atom stereocenters. The molecule has 14 heavy (non-hydrogen) atoms. The standard InChI is InChI=1S/C12H15NO/c1-2-11(9-14)13-8-7-10-5-3-4-6-12(10)13/h3-8,11,14H,2,9H2,1H3/t11-/m0/s1. The molecule has 0 aliphatic rings. The van der Waals surface area contributed by atoms with E-state index in [0.29, 0.717) is 0 Å². The first-order valence-electron chi connectivity index (χ1n) is 5.03. The molecule has 2 heteroatoms. The van der Waals surface area contributed by atoms with E-state index in [9.17, 15) is 5.11 Å². The van der Waals surface area contributed by atoms with Gasteiger partial charge in [0.25, 0.3) is 0 Å². The topological polar surface area (TPSA) is 25.2 Å². The second kappa shape index (κ2) is 3.84. The Morgan fingerprint density at radius 1 is 1.29 bits per heavy atom. The van der Waals surface area contributed by atoms with Crippen LogP contribution in [0.2, 0.25) is 0 Å². The Balaban J connectivity index is 2.51. The van der Waals surface area contributed by atoms with E-state index in [1.54, 1.807) is 0 Å². The highest BCUT2D eigenvalue weighted by molar-refractivity contribution is 5.80. The van der Waals surface area contributed by atoms with Crippen molar-refractivity contribution in [3.8, 4) is 0 Å². The Morgan fingerprint density at radius 2 is 2.07 bits per heavy atom. The predicted molar refractivity (Wildman–Crippen MR) is 58.4 cm³/mol. The maximum atomic E-state index is 9.24. The lowest BCUT2D eigenvalue weighted by atomic mass is 10.2. The Labute approximate surface area is 83.8 Å². The van der Waals surface area contributed by atoms with Gasteiger partial charge in [0, 0.05) is 11.7 Å². The molecule has 0 aliphatic carbocycles. The van der Waals surface area contributed by atoms with Gasteiger partial charge in [-0.3, -0.25) is 0 Å². The Bertz CT molecular complexity index is 415. The molecule has 0 saturated heterocycles. The monoisotopic (exact) mass is 189 g/mol. The van der Waals surface area contributed by atoms with Crippen molar-refractivity contribution >= 4 is 10.9 Å². The molecule has 2 rings (SSSR count). The van der Waals surface area contributed by atoms with E-state index in [1.165, 1.54) is 10.9 Å². The van der Waals surface area contributed by atoms with E-state index < -0.39 is 0 Å². The number of para-hydroxylation sites is 1. The Hall–Kier alpha value is -1.28. The van der Waals surface area contributed by atoms with Crippen LogP contribution < -0.4 is 0 Å². The van der Waals surface area contributed by atoms with E-state index in [1.807, 2.05) is 12.1 Å². The van der Waals surface area contributed by atoms with E-state index in [-0.39, 0.29) is 12.6 Å². The Morgan fingerprint density at radius 3 is 2.79 bits per heavy atom. The van der Waals surface area contributed by atoms with Crippen molar-refractivity contribution in [2.75, 3.05) is 6.61 Å². The summed E-state index contributed by atoms with van der Waals surface area (Å²) in [5.74, 6) is 0. The number of hydrogen-bond acceptors (Lipinski definition) is 1. The minimum Gasteiger partial charge on any atom is -0.394 e. The van der Waals surface area contributed by atoms with E-state index in [4.69, 9.17) is 0 Å². The number of fused-ring (bicyclic) bond motifs is 1. The molecular formula is C12H15NO. The molecule has 1 N–H and O–H groups in total. The van der Waals surface area contributed by atoms with Crippen molar-refractivity contribution < 1.29 is 5.11 Å². The van der Waals surface area contributed by atoms with Gasteiger partial charge in [0.15, 0.2) is 0 Å². The van der Waals surface area contributed by atoms with Crippen molar-refractivity contribution in [2.24, 2.45) is 0 Å². The van der Waals surface area contributed by atoms with Crippen molar-refractivity contribution in [3.63, 3.8) is 0 Å². The molecule has 1 aromatic carbocycles. The molecule has 2 aromatic rings. The number of aliphatic hydroxyl groups is 1. The average Bonchev–Trinajstić information content (AvgIpc) is 2.65. The first-order valence-corrected chi connectivity index (χ1v) is 5.03. The maximum absolute atomic E-state index is 9.24. The number of aromatic nitrogens is 1. The van der Waals surface area contributed by atoms with Crippen molar-refractivity contribution in [1.29, 1.82) is 0 Å². The predicted octanol–water partition coefficient (Wildman–Crippen LogP) is 2.58. The molecule has 0 unspecified atom stereocenters. The summed E-state index contributed by atoms with van der Waals surface area (Å²) in [4.78, 5) is 0. The van der Waals surface area contributed by atoms with Crippen LogP contribution in [0.3, 0.4) is 0 Å². The van der Waals surface area contributed by atoms with Gasteiger partial charge in [-0.25, -0.2) is 0 Å². The number of rotatable bonds is 3. The highest BCUT2D eigenvalue weighted by Gasteiger charge is 2.08. The van der Waals surface area contributed by atoms with Crippen LogP contribution in [-0.2, 0) is 0 Å². The maximum Gasteiger partial charge on any atom is 0.0638 e. The zero-order valence-electron chi connectivity index (χ0n) is 8.35. The largest absolute Gasteiger partial charge is 0.394 e. The van der Waals surface area contributed by atoms with Crippen LogP contribution in [0.5, 0.6) is 0 Å². The van der Waals surface area contributed by atoms with Crippen LogP contribution >= 0.6 is 0 Å². The Kier molecular flexibility index (Phi) is 2.55. The summed E-state index contributed by atoms with van der Waals surface area (Å²) in [6, 6.07) is 10.5. The molecular weight excluding hydrogens is 174 g/mol. The zero-order chi connectivity index (χ0) is 9.97. The van der Waals surface area contributed by atoms with E-state index >= 15 is 0 Å². The summed E-state index contributed by atoms with van der Waals surface area (Å²) in [6.07, 6.45) is 3.00. The lowest BCUT2D eigenvalue weighted by molar-refractivity contribution is 0.227. The average molecular weight is 189 g/mol. The third kappa shape index (κ3) is 1.42. The molecule has 0 aliphatic heterocycles. The molecule has 0 radical (unpaired) electrons. The van der Waals surface area contributed by atoms with E-state index in [2.05, 4.69) is 35.9 Å². The van der Waals surface area contributed by atoms with Crippen LogP contribution in [0.4, 0.5) is 0 Å². The smallest absolute Gasteiger partial charge is 0.0638 e. The molecule has 1 heterocycles. The van der Waals surface area contributed by atoms with Crippen LogP contribution in [0.15, 0.2) is 36.5 Å². The molecule has 74 valence electrons. The van der Waals surface area contributed by atoms with E-state index in [0.717, 1.165) is 6.42 Å². The van der Waals surface area contributed by atoms with Gasteiger partial charge in [0.2, 0.25) is 0 Å². The van der Waals surface area contributed by atoms with Crippen LogP contribution in [-0.4, -0.2) is 16.3 Å². The van der Waals surface area contributed by atoms with Gasteiger partial charge in [0.05, 0.1) is 12.6 Å². The summed E-state index contributed by atoms with van der Waals surface area (Å²) in [5, 5.41) is 10.5. The first-order chi connectivity index (χ1) is 6.86. The van der Waals surface area contributed by atoms with Crippen LogP contribution in [0.1, 0.15) is 19.4 Å². The molecule has 2 nitrogen and oxygen atoms in total.